The Hall–Kier alpha value is -1.92. The molecule has 0 atom stereocenters. The first-order chi connectivity index (χ1) is 10.6. The number of amides is 2. The van der Waals surface area contributed by atoms with Crippen molar-refractivity contribution < 1.29 is 14.3 Å². The Kier molecular flexibility index (Phi) is 6.36. The van der Waals surface area contributed by atoms with E-state index in [-0.39, 0.29) is 11.8 Å². The molecular formula is C16H23N3O3. The monoisotopic (exact) mass is 305 g/mol. The van der Waals surface area contributed by atoms with Gasteiger partial charge in [-0.15, -0.1) is 0 Å². The van der Waals surface area contributed by atoms with Gasteiger partial charge in [0.15, 0.2) is 0 Å². The maximum absolute atomic E-state index is 11.9. The van der Waals surface area contributed by atoms with Crippen LogP contribution in [0, 0.1) is 0 Å². The number of hydrogen-bond donors (Lipinski definition) is 2. The van der Waals surface area contributed by atoms with E-state index in [2.05, 4.69) is 15.5 Å². The molecule has 1 aromatic carbocycles. The molecule has 2 N–H and O–H groups in total. The quantitative estimate of drug-likeness (QED) is 0.809. The second kappa shape index (κ2) is 8.51. The van der Waals surface area contributed by atoms with Gasteiger partial charge in [0.25, 0.3) is 0 Å². The maximum atomic E-state index is 11.9. The van der Waals surface area contributed by atoms with Gasteiger partial charge in [0.1, 0.15) is 0 Å². The van der Waals surface area contributed by atoms with Crippen molar-refractivity contribution >= 4 is 17.5 Å². The lowest BCUT2D eigenvalue weighted by molar-refractivity contribution is -0.120. The van der Waals surface area contributed by atoms with Crippen LogP contribution in [0.4, 0.5) is 5.69 Å². The molecule has 2 rings (SSSR count). The highest BCUT2D eigenvalue weighted by molar-refractivity contribution is 5.88. The number of hydrogen-bond acceptors (Lipinski definition) is 4. The zero-order valence-corrected chi connectivity index (χ0v) is 12.9. The van der Waals surface area contributed by atoms with Crippen LogP contribution in [0.3, 0.4) is 0 Å². The second-order valence-electron chi connectivity index (χ2n) is 5.36. The minimum Gasteiger partial charge on any atom is -0.379 e. The molecule has 120 valence electrons. The first-order valence-corrected chi connectivity index (χ1v) is 7.57. The number of anilines is 1. The lowest BCUT2D eigenvalue weighted by Crippen LogP contribution is -2.41. The van der Waals surface area contributed by atoms with Gasteiger partial charge in [-0.25, -0.2) is 0 Å². The van der Waals surface area contributed by atoms with Crippen LogP contribution in [0.25, 0.3) is 0 Å². The standard InChI is InChI=1S/C16H23N3O3/c1-13(20)18-15-4-2-14(3-5-15)12-16(21)17-6-7-19-8-10-22-11-9-19/h2-5H,6-12H2,1H3,(H,17,21)(H,18,20). The molecule has 1 aromatic rings. The van der Waals surface area contributed by atoms with Gasteiger partial charge in [0.2, 0.25) is 11.8 Å². The smallest absolute Gasteiger partial charge is 0.224 e. The van der Waals surface area contributed by atoms with Crippen LogP contribution in [0.5, 0.6) is 0 Å². The maximum Gasteiger partial charge on any atom is 0.224 e. The molecule has 1 aliphatic rings. The van der Waals surface area contributed by atoms with Crippen molar-refractivity contribution in [1.29, 1.82) is 0 Å². The molecule has 1 heterocycles. The summed E-state index contributed by atoms with van der Waals surface area (Å²) in [5.41, 5.74) is 1.67. The van der Waals surface area contributed by atoms with E-state index in [4.69, 9.17) is 4.74 Å². The summed E-state index contributed by atoms with van der Waals surface area (Å²) in [6.45, 7) is 6.39. The van der Waals surface area contributed by atoms with E-state index < -0.39 is 0 Å². The number of carbonyl (C=O) groups excluding carboxylic acids is 2. The molecule has 0 radical (unpaired) electrons. The Morgan fingerprint density at radius 3 is 2.50 bits per heavy atom. The van der Waals surface area contributed by atoms with Gasteiger partial charge in [-0.2, -0.15) is 0 Å². The molecule has 0 aliphatic carbocycles. The van der Waals surface area contributed by atoms with Crippen LogP contribution in [0.1, 0.15) is 12.5 Å². The van der Waals surface area contributed by atoms with Gasteiger partial charge in [-0.1, -0.05) is 12.1 Å². The number of benzene rings is 1. The molecule has 0 unspecified atom stereocenters. The third-order valence-corrected chi connectivity index (χ3v) is 3.49. The fraction of sp³-hybridized carbons (Fsp3) is 0.500. The molecule has 1 saturated heterocycles. The minimum atomic E-state index is -0.103. The molecular weight excluding hydrogens is 282 g/mol. The van der Waals surface area contributed by atoms with E-state index in [1.54, 1.807) is 12.1 Å². The third-order valence-electron chi connectivity index (χ3n) is 3.49. The third kappa shape index (κ3) is 5.83. The van der Waals surface area contributed by atoms with Crippen molar-refractivity contribution in [3.05, 3.63) is 29.8 Å². The van der Waals surface area contributed by atoms with Gasteiger partial charge < -0.3 is 15.4 Å². The second-order valence-corrected chi connectivity index (χ2v) is 5.36. The molecule has 6 heteroatoms. The molecule has 2 amide bonds. The summed E-state index contributed by atoms with van der Waals surface area (Å²) in [4.78, 5) is 25.1. The number of nitrogens with zero attached hydrogens (tertiary/aromatic N) is 1. The molecule has 0 bridgehead atoms. The van der Waals surface area contributed by atoms with Crippen LogP contribution in [-0.4, -0.2) is 56.1 Å². The fourth-order valence-corrected chi connectivity index (χ4v) is 2.34. The van der Waals surface area contributed by atoms with Crippen LogP contribution >= 0.6 is 0 Å². The molecule has 1 aliphatic heterocycles. The topological polar surface area (TPSA) is 70.7 Å². The lowest BCUT2D eigenvalue weighted by atomic mass is 10.1. The Morgan fingerprint density at radius 1 is 1.18 bits per heavy atom. The highest BCUT2D eigenvalue weighted by Crippen LogP contribution is 2.09. The van der Waals surface area contributed by atoms with E-state index in [0.29, 0.717) is 13.0 Å². The molecule has 0 aromatic heterocycles. The van der Waals surface area contributed by atoms with Crippen molar-refractivity contribution in [2.24, 2.45) is 0 Å². The highest BCUT2D eigenvalue weighted by Gasteiger charge is 2.10. The predicted octanol–water partition coefficient (Wildman–Crippen LogP) is 0.636. The SMILES string of the molecule is CC(=O)Nc1ccc(CC(=O)NCCN2CCOCC2)cc1. The normalized spacial score (nSPS) is 15.3. The molecule has 22 heavy (non-hydrogen) atoms. The van der Waals surface area contributed by atoms with E-state index in [1.165, 1.54) is 6.92 Å². The van der Waals surface area contributed by atoms with E-state index in [9.17, 15) is 9.59 Å². The molecule has 6 nitrogen and oxygen atoms in total. The Morgan fingerprint density at radius 2 is 1.86 bits per heavy atom. The average molecular weight is 305 g/mol. The zero-order chi connectivity index (χ0) is 15.8. The predicted molar refractivity (Wildman–Crippen MR) is 84.7 cm³/mol. The average Bonchev–Trinajstić information content (AvgIpc) is 2.50. The first kappa shape index (κ1) is 16.5. The molecule has 1 fully saturated rings. The fourth-order valence-electron chi connectivity index (χ4n) is 2.34. The van der Waals surface area contributed by atoms with Crippen LogP contribution in [-0.2, 0) is 20.7 Å². The van der Waals surface area contributed by atoms with Crippen LogP contribution < -0.4 is 10.6 Å². The summed E-state index contributed by atoms with van der Waals surface area (Å²) in [5, 5.41) is 5.63. The van der Waals surface area contributed by atoms with Crippen molar-refractivity contribution in [1.82, 2.24) is 10.2 Å². The largest absolute Gasteiger partial charge is 0.379 e. The van der Waals surface area contributed by atoms with Crippen molar-refractivity contribution in [2.45, 2.75) is 13.3 Å². The minimum absolute atomic E-state index is 0.0144. The van der Waals surface area contributed by atoms with E-state index in [0.717, 1.165) is 44.1 Å². The number of carbonyl (C=O) groups is 2. The highest BCUT2D eigenvalue weighted by atomic mass is 16.5. The van der Waals surface area contributed by atoms with Crippen molar-refractivity contribution in [2.75, 3.05) is 44.7 Å². The summed E-state index contributed by atoms with van der Waals surface area (Å²) in [6, 6.07) is 7.31. The Balaban J connectivity index is 1.68. The van der Waals surface area contributed by atoms with E-state index >= 15 is 0 Å². The van der Waals surface area contributed by atoms with Gasteiger partial charge in [0, 0.05) is 38.8 Å². The Labute approximate surface area is 130 Å². The summed E-state index contributed by atoms with van der Waals surface area (Å²) < 4.78 is 5.28. The van der Waals surface area contributed by atoms with Crippen LogP contribution in [0.15, 0.2) is 24.3 Å². The zero-order valence-electron chi connectivity index (χ0n) is 12.9. The molecule has 0 spiro atoms. The summed E-state index contributed by atoms with van der Waals surface area (Å²) >= 11 is 0. The van der Waals surface area contributed by atoms with Crippen molar-refractivity contribution in [3.63, 3.8) is 0 Å². The van der Waals surface area contributed by atoms with Gasteiger partial charge >= 0.3 is 0 Å². The van der Waals surface area contributed by atoms with E-state index in [1.807, 2.05) is 12.1 Å². The summed E-state index contributed by atoms with van der Waals surface area (Å²) in [5.74, 6) is -0.0888. The lowest BCUT2D eigenvalue weighted by Gasteiger charge is -2.26. The number of morpholine rings is 1. The van der Waals surface area contributed by atoms with Crippen molar-refractivity contribution in [3.8, 4) is 0 Å². The number of nitrogens with one attached hydrogen (secondary N) is 2. The summed E-state index contributed by atoms with van der Waals surface area (Å²) in [6.07, 6.45) is 0.351. The number of rotatable bonds is 6. The number of ether oxygens (including phenoxy) is 1. The Bertz CT molecular complexity index is 496. The van der Waals surface area contributed by atoms with Gasteiger partial charge in [-0.3, -0.25) is 14.5 Å². The molecule has 0 saturated carbocycles. The van der Waals surface area contributed by atoms with Gasteiger partial charge in [-0.05, 0) is 17.7 Å². The first-order valence-electron chi connectivity index (χ1n) is 7.57. The summed E-state index contributed by atoms with van der Waals surface area (Å²) in [7, 11) is 0. The van der Waals surface area contributed by atoms with Gasteiger partial charge in [0.05, 0.1) is 19.6 Å². The van der Waals surface area contributed by atoms with Crippen LogP contribution in [0.2, 0.25) is 0 Å².